The van der Waals surface area contributed by atoms with E-state index in [4.69, 9.17) is 9.15 Å². The average molecular weight is 241 g/mol. The minimum Gasteiger partial charge on any atom is -0.425 e. The SMILES string of the molecule is COC(C)CCc1nnc(CCNC(C)C)o1. The summed E-state index contributed by atoms with van der Waals surface area (Å²) in [7, 11) is 1.71. The van der Waals surface area contributed by atoms with Crippen LogP contribution in [0.3, 0.4) is 0 Å². The Balaban J connectivity index is 2.27. The lowest BCUT2D eigenvalue weighted by molar-refractivity contribution is 0.109. The number of hydrogen-bond acceptors (Lipinski definition) is 5. The molecular formula is C12H23N3O2. The van der Waals surface area contributed by atoms with Crippen LogP contribution in [0.1, 0.15) is 39.0 Å². The Morgan fingerprint density at radius 3 is 2.41 bits per heavy atom. The highest BCUT2D eigenvalue weighted by Gasteiger charge is 2.08. The van der Waals surface area contributed by atoms with Gasteiger partial charge < -0.3 is 14.5 Å². The second-order valence-corrected chi connectivity index (χ2v) is 4.53. The lowest BCUT2D eigenvalue weighted by atomic mass is 10.2. The van der Waals surface area contributed by atoms with Crippen LogP contribution in [0.5, 0.6) is 0 Å². The molecule has 1 heterocycles. The number of hydrogen-bond donors (Lipinski definition) is 1. The summed E-state index contributed by atoms with van der Waals surface area (Å²) in [4.78, 5) is 0. The fourth-order valence-electron chi connectivity index (χ4n) is 1.40. The molecule has 0 amide bonds. The highest BCUT2D eigenvalue weighted by atomic mass is 16.5. The molecule has 0 aliphatic carbocycles. The topological polar surface area (TPSA) is 60.2 Å². The third-order valence-electron chi connectivity index (χ3n) is 2.57. The van der Waals surface area contributed by atoms with Crippen molar-refractivity contribution in [3.8, 4) is 0 Å². The molecule has 0 fully saturated rings. The molecule has 0 bridgehead atoms. The molecule has 1 unspecified atom stereocenters. The van der Waals surface area contributed by atoms with E-state index in [1.165, 1.54) is 0 Å². The molecule has 5 nitrogen and oxygen atoms in total. The first-order valence-corrected chi connectivity index (χ1v) is 6.19. The monoisotopic (exact) mass is 241 g/mol. The van der Waals surface area contributed by atoms with Gasteiger partial charge in [0.2, 0.25) is 11.8 Å². The number of rotatable bonds is 8. The van der Waals surface area contributed by atoms with Crippen LogP contribution in [0.25, 0.3) is 0 Å². The van der Waals surface area contributed by atoms with E-state index in [1.54, 1.807) is 7.11 Å². The maximum absolute atomic E-state index is 5.54. The van der Waals surface area contributed by atoms with Gasteiger partial charge in [0.1, 0.15) is 0 Å². The summed E-state index contributed by atoms with van der Waals surface area (Å²) in [5, 5.41) is 11.4. The van der Waals surface area contributed by atoms with Gasteiger partial charge in [-0.2, -0.15) is 0 Å². The number of ether oxygens (including phenoxy) is 1. The van der Waals surface area contributed by atoms with Crippen LogP contribution in [0, 0.1) is 0 Å². The van der Waals surface area contributed by atoms with Crippen LogP contribution < -0.4 is 5.32 Å². The normalized spacial score (nSPS) is 13.2. The van der Waals surface area contributed by atoms with Gasteiger partial charge in [-0.1, -0.05) is 13.8 Å². The molecular weight excluding hydrogens is 218 g/mol. The molecule has 0 radical (unpaired) electrons. The molecule has 0 aromatic carbocycles. The zero-order valence-electron chi connectivity index (χ0n) is 11.2. The predicted octanol–water partition coefficient (Wildman–Crippen LogP) is 1.58. The van der Waals surface area contributed by atoms with Gasteiger partial charge in [-0.05, 0) is 13.3 Å². The number of aromatic nitrogens is 2. The van der Waals surface area contributed by atoms with Gasteiger partial charge >= 0.3 is 0 Å². The Hall–Kier alpha value is -0.940. The summed E-state index contributed by atoms with van der Waals surface area (Å²) < 4.78 is 10.7. The molecule has 5 heteroatoms. The van der Waals surface area contributed by atoms with Crippen molar-refractivity contribution >= 4 is 0 Å². The Morgan fingerprint density at radius 1 is 1.18 bits per heavy atom. The maximum atomic E-state index is 5.54. The molecule has 1 N–H and O–H groups in total. The predicted molar refractivity (Wildman–Crippen MR) is 65.9 cm³/mol. The average Bonchev–Trinajstić information content (AvgIpc) is 2.73. The third-order valence-corrected chi connectivity index (χ3v) is 2.57. The lowest BCUT2D eigenvalue weighted by Crippen LogP contribution is -2.25. The highest BCUT2D eigenvalue weighted by molar-refractivity contribution is 4.83. The van der Waals surface area contributed by atoms with Gasteiger partial charge in [0.05, 0.1) is 6.10 Å². The van der Waals surface area contributed by atoms with Gasteiger partial charge in [0.25, 0.3) is 0 Å². The fourth-order valence-corrected chi connectivity index (χ4v) is 1.40. The minimum atomic E-state index is 0.230. The first kappa shape index (κ1) is 14.1. The van der Waals surface area contributed by atoms with E-state index in [0.717, 1.165) is 25.8 Å². The van der Waals surface area contributed by atoms with Crippen molar-refractivity contribution in [2.45, 2.75) is 52.2 Å². The molecule has 0 spiro atoms. The standard InChI is InChI=1S/C12H23N3O2/c1-9(2)13-8-7-12-15-14-11(17-12)6-5-10(3)16-4/h9-10,13H,5-8H2,1-4H3. The van der Waals surface area contributed by atoms with Gasteiger partial charge in [-0.15, -0.1) is 10.2 Å². The fraction of sp³-hybridized carbons (Fsp3) is 0.833. The molecule has 0 aliphatic rings. The van der Waals surface area contributed by atoms with E-state index in [0.29, 0.717) is 17.8 Å². The van der Waals surface area contributed by atoms with Crippen LogP contribution in [0.15, 0.2) is 4.42 Å². The summed E-state index contributed by atoms with van der Waals surface area (Å²) in [5.74, 6) is 1.41. The van der Waals surface area contributed by atoms with Gasteiger partial charge in [-0.25, -0.2) is 0 Å². The van der Waals surface area contributed by atoms with Gasteiger partial charge in [0.15, 0.2) is 0 Å². The van der Waals surface area contributed by atoms with Crippen LogP contribution in [0.4, 0.5) is 0 Å². The second-order valence-electron chi connectivity index (χ2n) is 4.53. The number of nitrogens with one attached hydrogen (secondary N) is 1. The summed E-state index contributed by atoms with van der Waals surface area (Å²) >= 11 is 0. The quantitative estimate of drug-likeness (QED) is 0.748. The molecule has 0 aliphatic heterocycles. The molecule has 1 rings (SSSR count). The van der Waals surface area contributed by atoms with Crippen LogP contribution in [-0.2, 0) is 17.6 Å². The number of nitrogens with zero attached hydrogens (tertiary/aromatic N) is 2. The molecule has 1 aromatic rings. The van der Waals surface area contributed by atoms with E-state index >= 15 is 0 Å². The highest BCUT2D eigenvalue weighted by Crippen LogP contribution is 2.06. The molecule has 1 atom stereocenters. The molecule has 0 saturated heterocycles. The summed E-state index contributed by atoms with van der Waals surface area (Å²) in [6.07, 6.45) is 2.69. The van der Waals surface area contributed by atoms with Crippen molar-refractivity contribution < 1.29 is 9.15 Å². The molecule has 17 heavy (non-hydrogen) atoms. The van der Waals surface area contributed by atoms with Gasteiger partial charge in [-0.3, -0.25) is 0 Å². The summed E-state index contributed by atoms with van der Waals surface area (Å²) in [5.41, 5.74) is 0. The Morgan fingerprint density at radius 2 is 1.82 bits per heavy atom. The first-order chi connectivity index (χ1) is 8.11. The minimum absolute atomic E-state index is 0.230. The molecule has 1 aromatic heterocycles. The Bertz CT molecular complexity index is 312. The first-order valence-electron chi connectivity index (χ1n) is 6.19. The van der Waals surface area contributed by atoms with E-state index < -0.39 is 0 Å². The van der Waals surface area contributed by atoms with Crippen molar-refractivity contribution in [2.75, 3.05) is 13.7 Å². The number of methoxy groups -OCH3 is 1. The van der Waals surface area contributed by atoms with E-state index in [2.05, 4.69) is 29.4 Å². The lowest BCUT2D eigenvalue weighted by Gasteiger charge is -2.06. The maximum Gasteiger partial charge on any atom is 0.217 e. The van der Waals surface area contributed by atoms with E-state index in [-0.39, 0.29) is 6.10 Å². The van der Waals surface area contributed by atoms with Crippen molar-refractivity contribution in [3.05, 3.63) is 11.8 Å². The molecule has 0 saturated carbocycles. The third kappa shape index (κ3) is 5.79. The summed E-state index contributed by atoms with van der Waals surface area (Å²) in [6, 6.07) is 0.486. The van der Waals surface area contributed by atoms with Crippen molar-refractivity contribution in [2.24, 2.45) is 0 Å². The smallest absolute Gasteiger partial charge is 0.217 e. The Kier molecular flexibility index (Phi) is 6.15. The Labute approximate surface area is 103 Å². The number of aryl methyl sites for hydroxylation is 1. The van der Waals surface area contributed by atoms with Crippen LogP contribution in [-0.4, -0.2) is 36.0 Å². The summed E-state index contributed by atoms with van der Waals surface area (Å²) in [6.45, 7) is 7.13. The van der Waals surface area contributed by atoms with Crippen molar-refractivity contribution in [1.82, 2.24) is 15.5 Å². The van der Waals surface area contributed by atoms with Crippen molar-refractivity contribution in [3.63, 3.8) is 0 Å². The van der Waals surface area contributed by atoms with Gasteiger partial charge in [0, 0.05) is 32.5 Å². The largest absolute Gasteiger partial charge is 0.425 e. The zero-order valence-corrected chi connectivity index (χ0v) is 11.2. The van der Waals surface area contributed by atoms with Crippen LogP contribution >= 0.6 is 0 Å². The van der Waals surface area contributed by atoms with Crippen molar-refractivity contribution in [1.29, 1.82) is 0 Å². The second kappa shape index (κ2) is 7.40. The van der Waals surface area contributed by atoms with E-state index in [1.807, 2.05) is 6.92 Å². The van der Waals surface area contributed by atoms with Crippen LogP contribution in [0.2, 0.25) is 0 Å². The van der Waals surface area contributed by atoms with E-state index in [9.17, 15) is 0 Å². The zero-order chi connectivity index (χ0) is 12.7. The molecule has 98 valence electrons.